The summed E-state index contributed by atoms with van der Waals surface area (Å²) < 4.78 is 28.8. The largest absolute Gasteiger partial charge is 0.472 e. The number of aromatic nitrogens is 1. The van der Waals surface area contributed by atoms with Crippen molar-refractivity contribution < 1.29 is 13.5 Å². The van der Waals surface area contributed by atoms with Gasteiger partial charge in [-0.1, -0.05) is 6.92 Å². The summed E-state index contributed by atoms with van der Waals surface area (Å²) >= 11 is 0. The molecule has 1 rings (SSSR count). The van der Waals surface area contributed by atoms with Gasteiger partial charge in [-0.25, -0.2) is 13.8 Å². The molecule has 90 valence electrons. The van der Waals surface area contributed by atoms with Crippen LogP contribution in [0, 0.1) is 6.92 Å². The number of aryl methyl sites for hydroxylation is 1. The maximum absolute atomic E-state index is 12.0. The Kier molecular flexibility index (Phi) is 5.11. The van der Waals surface area contributed by atoms with E-state index in [9.17, 15) is 8.78 Å². The van der Waals surface area contributed by atoms with Gasteiger partial charge in [0.15, 0.2) is 6.61 Å². The molecule has 1 aromatic heterocycles. The van der Waals surface area contributed by atoms with Gasteiger partial charge in [-0.3, -0.25) is 0 Å². The summed E-state index contributed by atoms with van der Waals surface area (Å²) in [6.45, 7) is 4.74. The quantitative estimate of drug-likeness (QED) is 0.813. The molecule has 0 bridgehead atoms. The van der Waals surface area contributed by atoms with Crippen LogP contribution >= 0.6 is 0 Å². The van der Waals surface area contributed by atoms with E-state index in [0.717, 1.165) is 17.8 Å². The van der Waals surface area contributed by atoms with Crippen LogP contribution in [0.3, 0.4) is 0 Å². The number of hydrogen-bond acceptors (Lipinski definition) is 3. The first-order valence-electron chi connectivity index (χ1n) is 5.21. The molecule has 0 aromatic carbocycles. The Morgan fingerprint density at radius 1 is 1.44 bits per heavy atom. The average Bonchev–Trinajstić information content (AvgIpc) is 2.23. The molecule has 0 radical (unpaired) electrons. The van der Waals surface area contributed by atoms with E-state index < -0.39 is 13.0 Å². The third kappa shape index (κ3) is 4.53. The van der Waals surface area contributed by atoms with Gasteiger partial charge in [0, 0.05) is 18.3 Å². The molecule has 1 heterocycles. The molecule has 1 N–H and O–H groups in total. The molecular formula is C11H16F2N2O. The van der Waals surface area contributed by atoms with Gasteiger partial charge >= 0.3 is 0 Å². The minimum absolute atomic E-state index is 0.258. The van der Waals surface area contributed by atoms with E-state index in [0.29, 0.717) is 6.54 Å². The van der Waals surface area contributed by atoms with E-state index in [1.165, 1.54) is 0 Å². The number of pyridine rings is 1. The van der Waals surface area contributed by atoms with Crippen molar-refractivity contribution in [2.24, 2.45) is 0 Å². The Labute approximate surface area is 93.8 Å². The van der Waals surface area contributed by atoms with Crippen molar-refractivity contribution in [2.45, 2.75) is 26.8 Å². The fourth-order valence-electron chi connectivity index (χ4n) is 1.30. The van der Waals surface area contributed by atoms with Crippen molar-refractivity contribution in [1.29, 1.82) is 0 Å². The average molecular weight is 230 g/mol. The normalized spacial score (nSPS) is 10.8. The zero-order chi connectivity index (χ0) is 12.0. The fourth-order valence-corrected chi connectivity index (χ4v) is 1.30. The maximum Gasteiger partial charge on any atom is 0.272 e. The number of ether oxygens (including phenoxy) is 1. The van der Waals surface area contributed by atoms with Crippen molar-refractivity contribution in [2.75, 3.05) is 13.2 Å². The molecule has 0 aliphatic rings. The fraction of sp³-hybridized carbons (Fsp3) is 0.545. The second kappa shape index (κ2) is 6.37. The Bertz CT molecular complexity index is 332. The van der Waals surface area contributed by atoms with Crippen LogP contribution in [-0.4, -0.2) is 24.6 Å². The van der Waals surface area contributed by atoms with Crippen molar-refractivity contribution in [1.82, 2.24) is 10.3 Å². The minimum Gasteiger partial charge on any atom is -0.472 e. The molecule has 0 spiro atoms. The smallest absolute Gasteiger partial charge is 0.272 e. The molecule has 0 unspecified atom stereocenters. The van der Waals surface area contributed by atoms with Gasteiger partial charge in [0.2, 0.25) is 5.88 Å². The van der Waals surface area contributed by atoms with Crippen LogP contribution in [0.15, 0.2) is 12.1 Å². The first-order valence-corrected chi connectivity index (χ1v) is 5.21. The van der Waals surface area contributed by atoms with E-state index in [1.54, 1.807) is 6.07 Å². The molecule has 16 heavy (non-hydrogen) atoms. The lowest BCUT2D eigenvalue weighted by Gasteiger charge is -2.08. The monoisotopic (exact) mass is 230 g/mol. The summed E-state index contributed by atoms with van der Waals surface area (Å²) in [6.07, 6.45) is -2.47. The van der Waals surface area contributed by atoms with Gasteiger partial charge in [-0.2, -0.15) is 0 Å². The lowest BCUT2D eigenvalue weighted by atomic mass is 10.2. The number of rotatable bonds is 6. The summed E-state index contributed by atoms with van der Waals surface area (Å²) in [6, 6.07) is 3.58. The van der Waals surface area contributed by atoms with E-state index >= 15 is 0 Å². The van der Waals surface area contributed by atoms with Gasteiger partial charge < -0.3 is 10.1 Å². The highest BCUT2D eigenvalue weighted by molar-refractivity contribution is 5.24. The highest BCUT2D eigenvalue weighted by Gasteiger charge is 2.06. The SMILES string of the molecule is CCNCc1cc(C)nc(OCC(F)F)c1. The van der Waals surface area contributed by atoms with Gasteiger partial charge in [0.05, 0.1) is 0 Å². The Morgan fingerprint density at radius 2 is 2.19 bits per heavy atom. The molecule has 0 atom stereocenters. The zero-order valence-electron chi connectivity index (χ0n) is 9.46. The molecule has 0 amide bonds. The van der Waals surface area contributed by atoms with Crippen molar-refractivity contribution in [3.05, 3.63) is 23.4 Å². The first kappa shape index (κ1) is 12.8. The van der Waals surface area contributed by atoms with Gasteiger partial charge in [-0.05, 0) is 25.1 Å². The Hall–Kier alpha value is -1.23. The first-order chi connectivity index (χ1) is 7.61. The number of alkyl halides is 2. The highest BCUT2D eigenvalue weighted by Crippen LogP contribution is 2.13. The molecular weight excluding hydrogens is 214 g/mol. The summed E-state index contributed by atoms with van der Waals surface area (Å²) in [5.74, 6) is 0.258. The second-order valence-corrected chi connectivity index (χ2v) is 3.44. The van der Waals surface area contributed by atoms with Crippen LogP contribution in [0.25, 0.3) is 0 Å². The van der Waals surface area contributed by atoms with Crippen molar-refractivity contribution in [3.63, 3.8) is 0 Å². The molecule has 5 heteroatoms. The number of hydrogen-bond donors (Lipinski definition) is 1. The van der Waals surface area contributed by atoms with E-state index in [-0.39, 0.29) is 5.88 Å². The van der Waals surface area contributed by atoms with Crippen LogP contribution in [0.5, 0.6) is 5.88 Å². The van der Waals surface area contributed by atoms with Crippen LogP contribution in [0.1, 0.15) is 18.2 Å². The van der Waals surface area contributed by atoms with Gasteiger partial charge in [0.25, 0.3) is 6.43 Å². The second-order valence-electron chi connectivity index (χ2n) is 3.44. The summed E-state index contributed by atoms with van der Waals surface area (Å²) in [5.41, 5.74) is 1.75. The van der Waals surface area contributed by atoms with E-state index in [1.807, 2.05) is 19.9 Å². The predicted octanol–water partition coefficient (Wildman–Crippen LogP) is 2.14. The zero-order valence-corrected chi connectivity index (χ0v) is 9.46. The predicted molar refractivity (Wildman–Crippen MR) is 57.9 cm³/mol. The third-order valence-electron chi connectivity index (χ3n) is 1.93. The molecule has 0 fully saturated rings. The van der Waals surface area contributed by atoms with Crippen LogP contribution in [0.4, 0.5) is 8.78 Å². The lowest BCUT2D eigenvalue weighted by molar-refractivity contribution is 0.0794. The van der Waals surface area contributed by atoms with Gasteiger partial charge in [0.1, 0.15) is 0 Å². The molecule has 0 aliphatic carbocycles. The maximum atomic E-state index is 12.0. The number of halogens is 2. The van der Waals surface area contributed by atoms with Crippen LogP contribution in [0.2, 0.25) is 0 Å². The van der Waals surface area contributed by atoms with Gasteiger partial charge in [-0.15, -0.1) is 0 Å². The Balaban J connectivity index is 2.65. The molecule has 1 aromatic rings. The molecule has 0 saturated heterocycles. The third-order valence-corrected chi connectivity index (χ3v) is 1.93. The Morgan fingerprint density at radius 3 is 2.81 bits per heavy atom. The van der Waals surface area contributed by atoms with Crippen molar-refractivity contribution >= 4 is 0 Å². The lowest BCUT2D eigenvalue weighted by Crippen LogP contribution is -2.13. The molecule has 0 saturated carbocycles. The highest BCUT2D eigenvalue weighted by atomic mass is 19.3. The number of nitrogens with zero attached hydrogens (tertiary/aromatic N) is 1. The molecule has 0 aliphatic heterocycles. The summed E-state index contributed by atoms with van der Waals surface area (Å²) in [4.78, 5) is 4.03. The standard InChI is InChI=1S/C11H16F2N2O/c1-3-14-6-9-4-8(2)15-11(5-9)16-7-10(12)13/h4-5,10,14H,3,6-7H2,1-2H3. The molecule has 3 nitrogen and oxygen atoms in total. The summed E-state index contributed by atoms with van der Waals surface area (Å²) in [7, 11) is 0. The van der Waals surface area contributed by atoms with Crippen LogP contribution < -0.4 is 10.1 Å². The summed E-state index contributed by atoms with van der Waals surface area (Å²) in [5, 5.41) is 3.15. The number of nitrogens with one attached hydrogen (secondary N) is 1. The van der Waals surface area contributed by atoms with Crippen LogP contribution in [-0.2, 0) is 6.54 Å². The van der Waals surface area contributed by atoms with E-state index in [2.05, 4.69) is 10.3 Å². The van der Waals surface area contributed by atoms with E-state index in [4.69, 9.17) is 4.74 Å². The minimum atomic E-state index is -2.47. The van der Waals surface area contributed by atoms with Crippen molar-refractivity contribution in [3.8, 4) is 5.88 Å². The topological polar surface area (TPSA) is 34.2 Å².